The molecular weight excluding hydrogens is 246 g/mol. The van der Waals surface area contributed by atoms with Crippen LogP contribution in [0.25, 0.3) is 0 Å². The van der Waals surface area contributed by atoms with Crippen LogP contribution in [0, 0.1) is 0 Å². The van der Waals surface area contributed by atoms with E-state index in [-0.39, 0.29) is 0 Å². The molecule has 1 aromatic rings. The lowest BCUT2D eigenvalue weighted by Gasteiger charge is -2.42. The Morgan fingerprint density at radius 3 is 2.30 bits per heavy atom. The molecule has 0 aromatic heterocycles. The Morgan fingerprint density at radius 1 is 1.10 bits per heavy atom. The molecule has 3 heteroatoms. The number of rotatable bonds is 5. The van der Waals surface area contributed by atoms with Gasteiger partial charge in [-0.1, -0.05) is 31.2 Å². The summed E-state index contributed by atoms with van der Waals surface area (Å²) >= 11 is 0. The SMILES string of the molecule is CCNCc1ccccc1CN1CC(C)N(C)C(C)C1. The second kappa shape index (κ2) is 7.21. The maximum absolute atomic E-state index is 3.44. The second-order valence-electron chi connectivity index (χ2n) is 6.11. The van der Waals surface area contributed by atoms with Crippen LogP contribution in [0.4, 0.5) is 0 Å². The van der Waals surface area contributed by atoms with Crippen LogP contribution >= 0.6 is 0 Å². The Morgan fingerprint density at radius 2 is 1.70 bits per heavy atom. The maximum Gasteiger partial charge on any atom is 0.0238 e. The first kappa shape index (κ1) is 15.5. The minimum absolute atomic E-state index is 0.639. The van der Waals surface area contributed by atoms with E-state index >= 15 is 0 Å². The van der Waals surface area contributed by atoms with Gasteiger partial charge in [0.05, 0.1) is 0 Å². The van der Waals surface area contributed by atoms with Crippen molar-refractivity contribution in [3.8, 4) is 0 Å². The Bertz CT molecular complexity index is 406. The van der Waals surface area contributed by atoms with Gasteiger partial charge in [0.1, 0.15) is 0 Å². The Hall–Kier alpha value is -0.900. The van der Waals surface area contributed by atoms with Crippen molar-refractivity contribution in [1.29, 1.82) is 0 Å². The van der Waals surface area contributed by atoms with E-state index < -0.39 is 0 Å². The first-order valence-electron chi connectivity index (χ1n) is 7.83. The normalized spacial score (nSPS) is 25.0. The third kappa shape index (κ3) is 3.81. The summed E-state index contributed by atoms with van der Waals surface area (Å²) < 4.78 is 0. The minimum atomic E-state index is 0.639. The summed E-state index contributed by atoms with van der Waals surface area (Å²) in [6, 6.07) is 10.1. The third-order valence-corrected chi connectivity index (χ3v) is 4.51. The monoisotopic (exact) mass is 275 g/mol. The molecule has 1 saturated heterocycles. The van der Waals surface area contributed by atoms with E-state index in [1.165, 1.54) is 11.1 Å². The smallest absolute Gasteiger partial charge is 0.0238 e. The van der Waals surface area contributed by atoms with Crippen molar-refractivity contribution in [2.75, 3.05) is 26.7 Å². The Labute approximate surface area is 124 Å². The molecule has 2 unspecified atom stereocenters. The van der Waals surface area contributed by atoms with E-state index in [4.69, 9.17) is 0 Å². The summed E-state index contributed by atoms with van der Waals surface area (Å²) in [5.74, 6) is 0. The molecule has 3 nitrogen and oxygen atoms in total. The summed E-state index contributed by atoms with van der Waals surface area (Å²) in [6.07, 6.45) is 0. The number of nitrogens with zero attached hydrogens (tertiary/aromatic N) is 2. The molecule has 0 radical (unpaired) electrons. The van der Waals surface area contributed by atoms with Gasteiger partial charge in [-0.25, -0.2) is 0 Å². The van der Waals surface area contributed by atoms with Crippen LogP contribution in [0.15, 0.2) is 24.3 Å². The average Bonchev–Trinajstić information content (AvgIpc) is 2.44. The van der Waals surface area contributed by atoms with E-state index in [9.17, 15) is 0 Å². The largest absolute Gasteiger partial charge is 0.313 e. The van der Waals surface area contributed by atoms with Gasteiger partial charge in [-0.2, -0.15) is 0 Å². The second-order valence-corrected chi connectivity index (χ2v) is 6.11. The molecule has 0 bridgehead atoms. The fourth-order valence-electron chi connectivity index (χ4n) is 3.03. The molecule has 2 rings (SSSR count). The van der Waals surface area contributed by atoms with Crippen molar-refractivity contribution in [2.24, 2.45) is 0 Å². The van der Waals surface area contributed by atoms with Gasteiger partial charge in [0.15, 0.2) is 0 Å². The van der Waals surface area contributed by atoms with Crippen LogP contribution in [0.2, 0.25) is 0 Å². The predicted molar refractivity (Wildman–Crippen MR) is 85.8 cm³/mol. The summed E-state index contributed by atoms with van der Waals surface area (Å²) in [4.78, 5) is 5.08. The van der Waals surface area contributed by atoms with Crippen LogP contribution in [0.5, 0.6) is 0 Å². The van der Waals surface area contributed by atoms with Crippen molar-refractivity contribution in [3.05, 3.63) is 35.4 Å². The predicted octanol–water partition coefficient (Wildman–Crippen LogP) is 2.32. The molecule has 1 fully saturated rings. The van der Waals surface area contributed by atoms with Gasteiger partial charge in [-0.05, 0) is 38.6 Å². The zero-order chi connectivity index (χ0) is 14.5. The number of benzene rings is 1. The number of piperazine rings is 1. The molecule has 112 valence electrons. The molecule has 1 aliphatic heterocycles. The highest BCUT2D eigenvalue weighted by Crippen LogP contribution is 2.18. The molecule has 1 N–H and O–H groups in total. The zero-order valence-electron chi connectivity index (χ0n) is 13.4. The maximum atomic E-state index is 3.44. The topological polar surface area (TPSA) is 18.5 Å². The molecule has 0 saturated carbocycles. The highest BCUT2D eigenvalue weighted by Gasteiger charge is 2.26. The molecule has 2 atom stereocenters. The summed E-state index contributed by atoms with van der Waals surface area (Å²) in [6.45, 7) is 12.2. The van der Waals surface area contributed by atoms with E-state index in [2.05, 4.69) is 67.2 Å². The van der Waals surface area contributed by atoms with Crippen molar-refractivity contribution < 1.29 is 0 Å². The van der Waals surface area contributed by atoms with E-state index in [1.54, 1.807) is 0 Å². The van der Waals surface area contributed by atoms with Crippen LogP contribution in [0.1, 0.15) is 31.9 Å². The van der Waals surface area contributed by atoms with E-state index in [0.717, 1.165) is 32.7 Å². The molecule has 1 heterocycles. The molecular formula is C17H29N3. The van der Waals surface area contributed by atoms with Crippen molar-refractivity contribution >= 4 is 0 Å². The lowest BCUT2D eigenvalue weighted by atomic mass is 10.0. The minimum Gasteiger partial charge on any atom is -0.313 e. The average molecular weight is 275 g/mol. The van der Waals surface area contributed by atoms with Gasteiger partial charge >= 0.3 is 0 Å². The van der Waals surface area contributed by atoms with Crippen molar-refractivity contribution in [3.63, 3.8) is 0 Å². The number of hydrogen-bond donors (Lipinski definition) is 1. The van der Waals surface area contributed by atoms with Gasteiger partial charge in [0, 0.05) is 38.3 Å². The molecule has 0 spiro atoms. The van der Waals surface area contributed by atoms with Crippen LogP contribution in [-0.4, -0.2) is 48.6 Å². The van der Waals surface area contributed by atoms with Crippen LogP contribution in [-0.2, 0) is 13.1 Å². The standard InChI is InChI=1S/C17H29N3/c1-5-18-10-16-8-6-7-9-17(16)13-20-11-14(2)19(4)15(3)12-20/h6-9,14-15,18H,5,10-13H2,1-4H3. The van der Waals surface area contributed by atoms with Crippen molar-refractivity contribution in [2.45, 2.75) is 45.9 Å². The highest BCUT2D eigenvalue weighted by molar-refractivity contribution is 5.27. The number of nitrogens with one attached hydrogen (secondary N) is 1. The first-order valence-corrected chi connectivity index (χ1v) is 7.83. The zero-order valence-corrected chi connectivity index (χ0v) is 13.4. The summed E-state index contributed by atoms with van der Waals surface area (Å²) in [7, 11) is 2.24. The lowest BCUT2D eigenvalue weighted by molar-refractivity contribution is 0.0554. The number of likely N-dealkylation sites (N-methyl/N-ethyl adjacent to an activating group) is 1. The molecule has 0 amide bonds. The first-order chi connectivity index (χ1) is 9.61. The number of hydrogen-bond acceptors (Lipinski definition) is 3. The van der Waals surface area contributed by atoms with Crippen LogP contribution < -0.4 is 5.32 Å². The molecule has 1 aliphatic rings. The van der Waals surface area contributed by atoms with Gasteiger partial charge in [0.2, 0.25) is 0 Å². The quantitative estimate of drug-likeness (QED) is 0.890. The van der Waals surface area contributed by atoms with Gasteiger partial charge < -0.3 is 5.32 Å². The summed E-state index contributed by atoms with van der Waals surface area (Å²) in [5.41, 5.74) is 2.91. The van der Waals surface area contributed by atoms with Crippen molar-refractivity contribution in [1.82, 2.24) is 15.1 Å². The van der Waals surface area contributed by atoms with Gasteiger partial charge in [0.25, 0.3) is 0 Å². The third-order valence-electron chi connectivity index (χ3n) is 4.51. The van der Waals surface area contributed by atoms with E-state index in [1.807, 2.05) is 0 Å². The fourth-order valence-corrected chi connectivity index (χ4v) is 3.03. The Kier molecular flexibility index (Phi) is 5.58. The lowest BCUT2D eigenvalue weighted by Crippen LogP contribution is -2.54. The van der Waals surface area contributed by atoms with E-state index in [0.29, 0.717) is 12.1 Å². The van der Waals surface area contributed by atoms with Gasteiger partial charge in [-0.3, -0.25) is 9.80 Å². The highest BCUT2D eigenvalue weighted by atomic mass is 15.3. The molecule has 1 aromatic carbocycles. The van der Waals surface area contributed by atoms with Crippen LogP contribution in [0.3, 0.4) is 0 Å². The Balaban J connectivity index is 2.02. The fraction of sp³-hybridized carbons (Fsp3) is 0.647. The summed E-state index contributed by atoms with van der Waals surface area (Å²) in [5, 5.41) is 3.44. The molecule has 0 aliphatic carbocycles. The van der Waals surface area contributed by atoms with Gasteiger partial charge in [-0.15, -0.1) is 0 Å². The molecule has 20 heavy (non-hydrogen) atoms.